The minimum absolute atomic E-state index is 0.0613. The topological polar surface area (TPSA) is 95.3 Å². The van der Waals surface area contributed by atoms with Crippen LogP contribution in [0.25, 0.3) is 0 Å². The monoisotopic (exact) mass is 262 g/mol. The first kappa shape index (κ1) is 12.9. The molecule has 1 amide bonds. The summed E-state index contributed by atoms with van der Waals surface area (Å²) in [7, 11) is 0. The number of carboxylic acids is 1. The number of amides is 1. The van der Waals surface area contributed by atoms with Gasteiger partial charge < -0.3 is 19.8 Å². The Hall–Kier alpha value is -2.50. The Morgan fingerprint density at radius 1 is 1.32 bits per heavy atom. The van der Waals surface area contributed by atoms with Crippen molar-refractivity contribution in [3.63, 3.8) is 0 Å². The zero-order chi connectivity index (χ0) is 14.2. The molecule has 6 heteroatoms. The Balaban J connectivity index is 2.29. The third-order valence-corrected chi connectivity index (χ3v) is 2.83. The number of hydrogen-bond donors (Lipinski definition) is 3. The van der Waals surface area contributed by atoms with Crippen LogP contribution in [-0.4, -0.2) is 22.0 Å². The van der Waals surface area contributed by atoms with Crippen LogP contribution < -0.4 is 5.32 Å². The van der Waals surface area contributed by atoms with Crippen molar-refractivity contribution in [1.29, 1.82) is 0 Å². The van der Waals surface area contributed by atoms with Gasteiger partial charge in [-0.2, -0.15) is 0 Å². The van der Waals surface area contributed by atoms with E-state index in [4.69, 9.17) is 9.52 Å². The van der Waals surface area contributed by atoms with E-state index in [1.165, 1.54) is 6.20 Å². The third kappa shape index (κ3) is 2.37. The Kier molecular flexibility index (Phi) is 3.16. The van der Waals surface area contributed by atoms with Crippen molar-refractivity contribution in [2.24, 2.45) is 0 Å². The summed E-state index contributed by atoms with van der Waals surface area (Å²) < 4.78 is 5.27. The van der Waals surface area contributed by atoms with E-state index in [1.54, 1.807) is 26.8 Å². The molecule has 0 aliphatic carbocycles. The number of aromatic amines is 1. The molecule has 6 nitrogen and oxygen atoms in total. The van der Waals surface area contributed by atoms with E-state index in [9.17, 15) is 9.59 Å². The molecule has 0 aliphatic heterocycles. The molecule has 2 aromatic rings. The van der Waals surface area contributed by atoms with Crippen molar-refractivity contribution >= 4 is 17.6 Å². The summed E-state index contributed by atoms with van der Waals surface area (Å²) in [6, 6.07) is 1.62. The molecular weight excluding hydrogens is 248 g/mol. The number of anilines is 1. The molecule has 0 spiro atoms. The molecule has 0 radical (unpaired) electrons. The smallest absolute Gasteiger partial charge is 0.339 e. The van der Waals surface area contributed by atoms with Crippen molar-refractivity contribution in [2.75, 3.05) is 5.32 Å². The van der Waals surface area contributed by atoms with Gasteiger partial charge in [-0.25, -0.2) is 4.79 Å². The van der Waals surface area contributed by atoms with Crippen LogP contribution in [0.5, 0.6) is 0 Å². The van der Waals surface area contributed by atoms with Crippen LogP contribution in [0.2, 0.25) is 0 Å². The van der Waals surface area contributed by atoms with Crippen LogP contribution in [-0.2, 0) is 0 Å². The minimum Gasteiger partial charge on any atom is -0.478 e. The fourth-order valence-electron chi connectivity index (χ4n) is 1.95. The molecule has 2 aromatic heterocycles. The number of carboxylic acid groups (broad SMARTS) is 1. The van der Waals surface area contributed by atoms with Gasteiger partial charge in [0.25, 0.3) is 5.91 Å². The Morgan fingerprint density at radius 2 is 2.00 bits per heavy atom. The maximum Gasteiger partial charge on any atom is 0.339 e. The molecule has 19 heavy (non-hydrogen) atoms. The standard InChI is InChI=1S/C13H14N2O4/c1-6-4-9(8(3)19-6)12(16)15-10-5-14-7(2)11(10)13(17)18/h4-5,14H,1-3H3,(H,15,16)(H,17,18). The lowest BCUT2D eigenvalue weighted by molar-refractivity contribution is 0.0697. The van der Waals surface area contributed by atoms with Crippen LogP contribution in [0.1, 0.15) is 37.9 Å². The summed E-state index contributed by atoms with van der Waals surface area (Å²) >= 11 is 0. The molecule has 0 aromatic carbocycles. The second kappa shape index (κ2) is 4.64. The molecule has 0 saturated carbocycles. The first-order valence-electron chi connectivity index (χ1n) is 5.69. The third-order valence-electron chi connectivity index (χ3n) is 2.83. The van der Waals surface area contributed by atoms with Gasteiger partial charge in [-0.3, -0.25) is 4.79 Å². The fraction of sp³-hybridized carbons (Fsp3) is 0.231. The van der Waals surface area contributed by atoms with Crippen molar-refractivity contribution in [3.05, 3.63) is 40.6 Å². The van der Waals surface area contributed by atoms with Crippen molar-refractivity contribution in [3.8, 4) is 0 Å². The Bertz CT molecular complexity index is 652. The van der Waals surface area contributed by atoms with E-state index in [0.29, 0.717) is 22.8 Å². The highest BCUT2D eigenvalue weighted by Gasteiger charge is 2.19. The summed E-state index contributed by atoms with van der Waals surface area (Å²) in [6.07, 6.45) is 1.46. The van der Waals surface area contributed by atoms with Crippen molar-refractivity contribution in [2.45, 2.75) is 20.8 Å². The molecule has 0 atom stereocenters. The number of aromatic carboxylic acids is 1. The second-order valence-corrected chi connectivity index (χ2v) is 4.29. The van der Waals surface area contributed by atoms with E-state index in [1.807, 2.05) is 0 Å². The zero-order valence-electron chi connectivity index (χ0n) is 10.8. The molecule has 3 N–H and O–H groups in total. The number of rotatable bonds is 3. The summed E-state index contributed by atoms with van der Waals surface area (Å²) in [4.78, 5) is 25.9. The van der Waals surface area contributed by atoms with Gasteiger partial charge in [-0.1, -0.05) is 0 Å². The molecule has 0 saturated heterocycles. The predicted octanol–water partition coefficient (Wildman–Crippen LogP) is 2.48. The van der Waals surface area contributed by atoms with Crippen LogP contribution in [0.15, 0.2) is 16.7 Å². The highest BCUT2D eigenvalue weighted by molar-refractivity contribution is 6.08. The van der Waals surface area contributed by atoms with Gasteiger partial charge in [0, 0.05) is 11.9 Å². The number of nitrogens with one attached hydrogen (secondary N) is 2. The molecule has 0 aliphatic rings. The molecule has 2 rings (SSSR count). The highest BCUT2D eigenvalue weighted by Crippen LogP contribution is 2.21. The first-order valence-corrected chi connectivity index (χ1v) is 5.69. The largest absolute Gasteiger partial charge is 0.478 e. The quantitative estimate of drug-likeness (QED) is 0.791. The van der Waals surface area contributed by atoms with E-state index in [2.05, 4.69) is 10.3 Å². The first-order chi connectivity index (χ1) is 8.90. The zero-order valence-corrected chi connectivity index (χ0v) is 10.8. The lowest BCUT2D eigenvalue weighted by Crippen LogP contribution is -2.14. The van der Waals surface area contributed by atoms with Crippen LogP contribution >= 0.6 is 0 Å². The number of hydrogen-bond acceptors (Lipinski definition) is 3. The van der Waals surface area contributed by atoms with E-state index in [-0.39, 0.29) is 11.3 Å². The maximum atomic E-state index is 12.1. The number of carbonyl (C=O) groups is 2. The normalized spacial score (nSPS) is 10.5. The van der Waals surface area contributed by atoms with Gasteiger partial charge >= 0.3 is 5.97 Å². The Morgan fingerprint density at radius 3 is 2.53 bits per heavy atom. The van der Waals surface area contributed by atoms with Crippen LogP contribution in [0, 0.1) is 20.8 Å². The number of carbonyl (C=O) groups excluding carboxylic acids is 1. The number of furan rings is 1. The van der Waals surface area contributed by atoms with Gasteiger partial charge in [-0.15, -0.1) is 0 Å². The summed E-state index contributed by atoms with van der Waals surface area (Å²) in [5, 5.41) is 11.7. The lowest BCUT2D eigenvalue weighted by atomic mass is 10.2. The SMILES string of the molecule is Cc1cc(C(=O)Nc2c[nH]c(C)c2C(=O)O)c(C)o1. The van der Waals surface area contributed by atoms with E-state index < -0.39 is 11.9 Å². The average Bonchev–Trinajstić information content (AvgIpc) is 2.82. The highest BCUT2D eigenvalue weighted by atomic mass is 16.4. The van der Waals surface area contributed by atoms with Crippen molar-refractivity contribution in [1.82, 2.24) is 4.98 Å². The number of aromatic nitrogens is 1. The molecular formula is C13H14N2O4. The predicted molar refractivity (Wildman–Crippen MR) is 68.6 cm³/mol. The fourth-order valence-corrected chi connectivity index (χ4v) is 1.95. The van der Waals surface area contributed by atoms with E-state index >= 15 is 0 Å². The Labute approximate surface area is 109 Å². The molecule has 2 heterocycles. The van der Waals surface area contributed by atoms with Gasteiger partial charge in [0.15, 0.2) is 0 Å². The average molecular weight is 262 g/mol. The summed E-state index contributed by atoms with van der Waals surface area (Å²) in [5.74, 6) is -0.351. The molecule has 0 bridgehead atoms. The van der Waals surface area contributed by atoms with E-state index in [0.717, 1.165) is 0 Å². The van der Waals surface area contributed by atoms with Gasteiger partial charge in [0.05, 0.1) is 11.3 Å². The molecule has 0 unspecified atom stereocenters. The summed E-state index contributed by atoms with van der Waals surface area (Å²) in [5.41, 5.74) is 1.19. The minimum atomic E-state index is -1.09. The van der Waals surface area contributed by atoms with Gasteiger partial charge in [-0.05, 0) is 26.8 Å². The van der Waals surface area contributed by atoms with Crippen LogP contribution in [0.4, 0.5) is 5.69 Å². The summed E-state index contributed by atoms with van der Waals surface area (Å²) in [6.45, 7) is 5.06. The number of aryl methyl sites for hydroxylation is 3. The van der Waals surface area contributed by atoms with Gasteiger partial charge in [0.1, 0.15) is 17.1 Å². The second-order valence-electron chi connectivity index (χ2n) is 4.29. The van der Waals surface area contributed by atoms with Crippen molar-refractivity contribution < 1.29 is 19.1 Å². The van der Waals surface area contributed by atoms with Crippen LogP contribution in [0.3, 0.4) is 0 Å². The maximum absolute atomic E-state index is 12.1. The molecule has 100 valence electrons. The molecule has 0 fully saturated rings. The van der Waals surface area contributed by atoms with Gasteiger partial charge in [0.2, 0.25) is 0 Å². The lowest BCUT2D eigenvalue weighted by Gasteiger charge is -2.03. The number of H-pyrrole nitrogens is 1.